The molecule has 0 saturated heterocycles. The molecule has 2 heteroatoms. The number of aliphatic hydroxyl groups excluding tert-OH is 1. The van der Waals surface area contributed by atoms with E-state index < -0.39 is 0 Å². The summed E-state index contributed by atoms with van der Waals surface area (Å²) >= 11 is 0. The van der Waals surface area contributed by atoms with Crippen LogP contribution in [-0.4, -0.2) is 22.9 Å². The van der Waals surface area contributed by atoms with Crippen molar-refractivity contribution in [3.8, 4) is 0 Å². The molecule has 0 spiro atoms. The molecule has 2 aliphatic rings. The third-order valence-electron chi connectivity index (χ3n) is 3.35. The monoisotopic (exact) mass is 220 g/mol. The summed E-state index contributed by atoms with van der Waals surface area (Å²) in [6.45, 7) is 4.25. The van der Waals surface area contributed by atoms with Gasteiger partial charge in [0.25, 0.3) is 0 Å². The number of aliphatic hydroxyl groups is 1. The van der Waals surface area contributed by atoms with Crippen molar-refractivity contribution in [3.05, 3.63) is 36.5 Å². The molecule has 0 saturated carbocycles. The second kappa shape index (κ2) is 4.56. The standard InChI is InChI=1S/C14H20O2/c1-14(2,11-6-4-3-5-7-11)16-13-9-8-12(15)10-13/h3-6,8-9,11-13,15H,7,10H2,1-2H3/t11?,12-,13+/m0/s1. The van der Waals surface area contributed by atoms with E-state index in [-0.39, 0.29) is 17.8 Å². The zero-order valence-electron chi connectivity index (χ0n) is 9.97. The van der Waals surface area contributed by atoms with E-state index in [0.29, 0.717) is 12.3 Å². The highest BCUT2D eigenvalue weighted by Crippen LogP contribution is 2.31. The molecular weight excluding hydrogens is 200 g/mol. The first-order chi connectivity index (χ1) is 7.58. The quantitative estimate of drug-likeness (QED) is 0.741. The Bertz CT molecular complexity index is 326. The predicted octanol–water partition coefficient (Wildman–Crippen LogP) is 2.60. The van der Waals surface area contributed by atoms with Crippen molar-refractivity contribution in [3.63, 3.8) is 0 Å². The molecule has 88 valence electrons. The Morgan fingerprint density at radius 2 is 2.00 bits per heavy atom. The highest BCUT2D eigenvalue weighted by atomic mass is 16.5. The molecule has 1 unspecified atom stereocenters. The third-order valence-corrected chi connectivity index (χ3v) is 3.35. The summed E-state index contributed by atoms with van der Waals surface area (Å²) in [5.74, 6) is 0.420. The Labute approximate surface area is 97.3 Å². The van der Waals surface area contributed by atoms with Gasteiger partial charge in [-0.15, -0.1) is 0 Å². The van der Waals surface area contributed by atoms with Gasteiger partial charge in [-0.25, -0.2) is 0 Å². The Balaban J connectivity index is 1.94. The molecule has 16 heavy (non-hydrogen) atoms. The Morgan fingerprint density at radius 3 is 2.56 bits per heavy atom. The second-order valence-electron chi connectivity index (χ2n) is 5.10. The predicted molar refractivity (Wildman–Crippen MR) is 65.1 cm³/mol. The van der Waals surface area contributed by atoms with Crippen molar-refractivity contribution in [1.29, 1.82) is 0 Å². The molecule has 0 aromatic heterocycles. The van der Waals surface area contributed by atoms with Crippen LogP contribution in [0.1, 0.15) is 26.7 Å². The van der Waals surface area contributed by atoms with E-state index in [9.17, 15) is 5.11 Å². The van der Waals surface area contributed by atoms with Crippen molar-refractivity contribution in [2.75, 3.05) is 0 Å². The Hall–Kier alpha value is -0.860. The summed E-state index contributed by atoms with van der Waals surface area (Å²) in [4.78, 5) is 0. The summed E-state index contributed by atoms with van der Waals surface area (Å²) in [5, 5.41) is 9.41. The molecule has 0 aliphatic heterocycles. The van der Waals surface area contributed by atoms with Gasteiger partial charge in [-0.2, -0.15) is 0 Å². The van der Waals surface area contributed by atoms with E-state index in [1.165, 1.54) is 0 Å². The van der Waals surface area contributed by atoms with Crippen LogP contribution in [0.5, 0.6) is 0 Å². The van der Waals surface area contributed by atoms with Gasteiger partial charge in [-0.1, -0.05) is 36.5 Å². The van der Waals surface area contributed by atoms with Gasteiger partial charge in [-0.3, -0.25) is 0 Å². The summed E-state index contributed by atoms with van der Waals surface area (Å²) in [5.41, 5.74) is -0.180. The smallest absolute Gasteiger partial charge is 0.0792 e. The average molecular weight is 220 g/mol. The third kappa shape index (κ3) is 2.63. The van der Waals surface area contributed by atoms with Gasteiger partial charge in [0.2, 0.25) is 0 Å². The van der Waals surface area contributed by atoms with E-state index in [1.54, 1.807) is 0 Å². The Kier molecular flexibility index (Phi) is 3.31. The lowest BCUT2D eigenvalue weighted by atomic mass is 9.85. The maximum atomic E-state index is 9.41. The van der Waals surface area contributed by atoms with Gasteiger partial charge in [0, 0.05) is 12.3 Å². The van der Waals surface area contributed by atoms with Crippen molar-refractivity contribution in [1.82, 2.24) is 0 Å². The van der Waals surface area contributed by atoms with Gasteiger partial charge in [-0.05, 0) is 20.3 Å². The lowest BCUT2D eigenvalue weighted by Gasteiger charge is -2.35. The van der Waals surface area contributed by atoms with Gasteiger partial charge < -0.3 is 9.84 Å². The molecule has 0 heterocycles. The zero-order chi connectivity index (χ0) is 11.6. The lowest BCUT2D eigenvalue weighted by Crippen LogP contribution is -2.37. The van der Waals surface area contributed by atoms with Crippen LogP contribution in [-0.2, 0) is 4.74 Å². The van der Waals surface area contributed by atoms with Crippen molar-refractivity contribution in [2.45, 2.75) is 44.5 Å². The average Bonchev–Trinajstić information content (AvgIpc) is 2.64. The fraction of sp³-hybridized carbons (Fsp3) is 0.571. The van der Waals surface area contributed by atoms with Crippen LogP contribution < -0.4 is 0 Å². The minimum Gasteiger partial charge on any atom is -0.389 e. The molecule has 0 fully saturated rings. The van der Waals surface area contributed by atoms with E-state index in [0.717, 1.165) is 6.42 Å². The fourth-order valence-corrected chi connectivity index (χ4v) is 2.31. The van der Waals surface area contributed by atoms with E-state index >= 15 is 0 Å². The summed E-state index contributed by atoms with van der Waals surface area (Å²) < 4.78 is 6.08. The number of rotatable bonds is 3. The van der Waals surface area contributed by atoms with E-state index in [2.05, 4.69) is 38.2 Å². The fourth-order valence-electron chi connectivity index (χ4n) is 2.31. The first-order valence-corrected chi connectivity index (χ1v) is 5.95. The van der Waals surface area contributed by atoms with Gasteiger partial charge >= 0.3 is 0 Å². The zero-order valence-corrected chi connectivity index (χ0v) is 9.97. The Morgan fingerprint density at radius 1 is 1.19 bits per heavy atom. The van der Waals surface area contributed by atoms with Crippen LogP contribution >= 0.6 is 0 Å². The van der Waals surface area contributed by atoms with Crippen LogP contribution in [0.15, 0.2) is 36.5 Å². The van der Waals surface area contributed by atoms with Gasteiger partial charge in [0.05, 0.1) is 17.8 Å². The van der Waals surface area contributed by atoms with E-state index in [4.69, 9.17) is 4.74 Å². The molecule has 0 aromatic carbocycles. The number of hydrogen-bond donors (Lipinski definition) is 1. The van der Waals surface area contributed by atoms with Crippen LogP contribution in [0, 0.1) is 5.92 Å². The second-order valence-corrected chi connectivity index (χ2v) is 5.10. The topological polar surface area (TPSA) is 29.5 Å². The van der Waals surface area contributed by atoms with Crippen LogP contribution in [0.2, 0.25) is 0 Å². The molecule has 2 aliphatic carbocycles. The number of ether oxygens (including phenoxy) is 1. The van der Waals surface area contributed by atoms with Gasteiger partial charge in [0.1, 0.15) is 0 Å². The maximum Gasteiger partial charge on any atom is 0.0792 e. The number of allylic oxidation sites excluding steroid dienone is 3. The van der Waals surface area contributed by atoms with Crippen molar-refractivity contribution in [2.24, 2.45) is 5.92 Å². The van der Waals surface area contributed by atoms with E-state index in [1.807, 2.05) is 12.2 Å². The minimum atomic E-state index is -0.331. The molecule has 3 atom stereocenters. The molecule has 2 rings (SSSR count). The van der Waals surface area contributed by atoms with Crippen molar-refractivity contribution >= 4 is 0 Å². The summed E-state index contributed by atoms with van der Waals surface area (Å²) in [7, 11) is 0. The largest absolute Gasteiger partial charge is 0.389 e. The molecule has 0 bridgehead atoms. The van der Waals surface area contributed by atoms with Crippen LogP contribution in [0.4, 0.5) is 0 Å². The first-order valence-electron chi connectivity index (χ1n) is 5.95. The van der Waals surface area contributed by atoms with Crippen LogP contribution in [0.3, 0.4) is 0 Å². The summed E-state index contributed by atoms with van der Waals surface area (Å²) in [6, 6.07) is 0. The van der Waals surface area contributed by atoms with Gasteiger partial charge in [0.15, 0.2) is 0 Å². The van der Waals surface area contributed by atoms with Crippen LogP contribution in [0.25, 0.3) is 0 Å². The minimum absolute atomic E-state index is 0.0595. The molecule has 1 N–H and O–H groups in total. The molecule has 0 aromatic rings. The maximum absolute atomic E-state index is 9.41. The SMILES string of the molecule is CC(C)(O[C@@H]1C=C[C@H](O)C1)C1C=CC=CC1. The first kappa shape index (κ1) is 11.6. The molecular formula is C14H20O2. The highest BCUT2D eigenvalue weighted by molar-refractivity contribution is 5.14. The lowest BCUT2D eigenvalue weighted by molar-refractivity contribution is -0.0812. The molecule has 2 nitrogen and oxygen atoms in total. The summed E-state index contributed by atoms with van der Waals surface area (Å²) in [6.07, 6.45) is 13.8. The normalized spacial score (nSPS) is 33.6. The molecule has 0 amide bonds. The van der Waals surface area contributed by atoms with Crippen molar-refractivity contribution < 1.29 is 9.84 Å². The molecule has 0 radical (unpaired) electrons. The highest BCUT2D eigenvalue weighted by Gasteiger charge is 2.32. The number of hydrogen-bond acceptors (Lipinski definition) is 2.